The first-order valence-electron chi connectivity index (χ1n) is 6.58. The maximum atomic E-state index is 3.30. The Kier molecular flexibility index (Phi) is 5.22. The molecular weight excluding hydrogens is 198 g/mol. The topological polar surface area (TPSA) is 18.5 Å². The van der Waals surface area contributed by atoms with Crippen molar-refractivity contribution in [3.8, 4) is 0 Å². The van der Waals surface area contributed by atoms with Crippen molar-refractivity contribution in [3.05, 3.63) is 0 Å². The second-order valence-corrected chi connectivity index (χ2v) is 5.51. The third kappa shape index (κ3) is 2.96. The molecule has 16 heavy (non-hydrogen) atoms. The van der Waals surface area contributed by atoms with Crippen molar-refractivity contribution >= 4 is 0 Å². The van der Waals surface area contributed by atoms with Gasteiger partial charge < -0.3 is 15.1 Å². The van der Waals surface area contributed by atoms with Crippen molar-refractivity contribution in [1.29, 1.82) is 0 Å². The normalized spacial score (nSPS) is 21.2. The fraction of sp³-hybridized carbons (Fsp3) is 1.00. The highest BCUT2D eigenvalue weighted by atomic mass is 15.2. The van der Waals surface area contributed by atoms with Crippen molar-refractivity contribution in [2.75, 3.05) is 41.3 Å². The Morgan fingerprint density at radius 1 is 1.25 bits per heavy atom. The summed E-state index contributed by atoms with van der Waals surface area (Å²) in [6.07, 6.45) is 5.34. The zero-order valence-corrected chi connectivity index (χ0v) is 11.7. The first-order valence-corrected chi connectivity index (χ1v) is 6.58. The average molecular weight is 227 g/mol. The van der Waals surface area contributed by atoms with Crippen LogP contribution in [0, 0.1) is 0 Å². The highest BCUT2D eigenvalue weighted by molar-refractivity contribution is 4.98. The van der Waals surface area contributed by atoms with Gasteiger partial charge in [-0.1, -0.05) is 6.92 Å². The summed E-state index contributed by atoms with van der Waals surface area (Å²) in [5, 5.41) is 3.30. The Balaban J connectivity index is 2.50. The SMILES string of the molecule is CCC(CNC)N(C)CC1(N(C)C)CCC1. The largest absolute Gasteiger partial charge is 0.318 e. The molecule has 1 fully saturated rings. The van der Waals surface area contributed by atoms with E-state index in [9.17, 15) is 0 Å². The zero-order valence-electron chi connectivity index (χ0n) is 11.7. The quantitative estimate of drug-likeness (QED) is 0.709. The van der Waals surface area contributed by atoms with Crippen molar-refractivity contribution < 1.29 is 0 Å². The Hall–Kier alpha value is -0.120. The van der Waals surface area contributed by atoms with Crippen molar-refractivity contribution in [2.24, 2.45) is 0 Å². The molecule has 1 aliphatic carbocycles. The highest BCUT2D eigenvalue weighted by Gasteiger charge is 2.40. The maximum absolute atomic E-state index is 3.30. The number of rotatable bonds is 7. The van der Waals surface area contributed by atoms with Crippen LogP contribution in [0.15, 0.2) is 0 Å². The fourth-order valence-electron chi connectivity index (χ4n) is 2.77. The summed E-state index contributed by atoms with van der Waals surface area (Å²) in [6.45, 7) is 4.58. The molecule has 3 heteroatoms. The summed E-state index contributed by atoms with van der Waals surface area (Å²) < 4.78 is 0. The monoisotopic (exact) mass is 227 g/mol. The molecule has 0 radical (unpaired) electrons. The Labute approximate surface area is 101 Å². The minimum Gasteiger partial charge on any atom is -0.318 e. The molecule has 0 aromatic rings. The standard InChI is InChI=1S/C13H29N3/c1-6-12(10-14-2)16(5)11-13(15(3)4)8-7-9-13/h12,14H,6-11H2,1-5H3. The Morgan fingerprint density at radius 3 is 2.19 bits per heavy atom. The van der Waals surface area contributed by atoms with Gasteiger partial charge in [-0.2, -0.15) is 0 Å². The second kappa shape index (κ2) is 5.99. The van der Waals surface area contributed by atoms with Crippen LogP contribution in [-0.2, 0) is 0 Å². The van der Waals surface area contributed by atoms with Crippen LogP contribution in [-0.4, -0.2) is 62.7 Å². The van der Waals surface area contributed by atoms with Crippen molar-refractivity contribution in [2.45, 2.75) is 44.2 Å². The molecule has 0 saturated heterocycles. The van der Waals surface area contributed by atoms with Gasteiger partial charge in [0, 0.05) is 24.7 Å². The molecular formula is C13H29N3. The molecule has 0 heterocycles. The van der Waals surface area contributed by atoms with Crippen LogP contribution >= 0.6 is 0 Å². The third-order valence-electron chi connectivity index (χ3n) is 4.31. The van der Waals surface area contributed by atoms with E-state index in [4.69, 9.17) is 0 Å². The van der Waals surface area contributed by atoms with E-state index in [1.807, 2.05) is 7.05 Å². The van der Waals surface area contributed by atoms with E-state index in [2.05, 4.69) is 43.2 Å². The number of hydrogen-bond acceptors (Lipinski definition) is 3. The predicted molar refractivity (Wildman–Crippen MR) is 70.9 cm³/mol. The molecule has 3 nitrogen and oxygen atoms in total. The lowest BCUT2D eigenvalue weighted by Gasteiger charge is -2.50. The molecule has 0 spiro atoms. The summed E-state index contributed by atoms with van der Waals surface area (Å²) in [4.78, 5) is 4.97. The van der Waals surface area contributed by atoms with Gasteiger partial charge in [0.2, 0.25) is 0 Å². The van der Waals surface area contributed by atoms with E-state index < -0.39 is 0 Å². The van der Waals surface area contributed by atoms with Gasteiger partial charge in [-0.15, -0.1) is 0 Å². The molecule has 0 aliphatic heterocycles. The van der Waals surface area contributed by atoms with Gasteiger partial charge in [0.25, 0.3) is 0 Å². The molecule has 1 rings (SSSR count). The lowest BCUT2D eigenvalue weighted by Crippen LogP contribution is -2.58. The van der Waals surface area contributed by atoms with E-state index in [1.165, 1.54) is 32.2 Å². The average Bonchev–Trinajstić information content (AvgIpc) is 2.18. The van der Waals surface area contributed by atoms with Gasteiger partial charge in [0.1, 0.15) is 0 Å². The van der Waals surface area contributed by atoms with Gasteiger partial charge in [-0.05, 0) is 53.9 Å². The minimum atomic E-state index is 0.454. The summed E-state index contributed by atoms with van der Waals surface area (Å²) in [6, 6.07) is 0.669. The zero-order chi connectivity index (χ0) is 12.2. The fourth-order valence-corrected chi connectivity index (χ4v) is 2.77. The maximum Gasteiger partial charge on any atom is 0.0330 e. The van der Waals surface area contributed by atoms with Gasteiger partial charge in [0.15, 0.2) is 0 Å². The molecule has 0 aromatic carbocycles. The molecule has 1 atom stereocenters. The van der Waals surface area contributed by atoms with Crippen molar-refractivity contribution in [3.63, 3.8) is 0 Å². The number of likely N-dealkylation sites (N-methyl/N-ethyl adjacent to an activating group) is 3. The second-order valence-electron chi connectivity index (χ2n) is 5.51. The highest BCUT2D eigenvalue weighted by Crippen LogP contribution is 2.36. The van der Waals surface area contributed by atoms with E-state index in [1.54, 1.807) is 0 Å². The van der Waals surface area contributed by atoms with Crippen LogP contribution in [0.25, 0.3) is 0 Å². The Morgan fingerprint density at radius 2 is 1.88 bits per heavy atom. The number of nitrogens with one attached hydrogen (secondary N) is 1. The lowest BCUT2D eigenvalue weighted by atomic mass is 9.75. The summed E-state index contributed by atoms with van der Waals surface area (Å²) >= 11 is 0. The predicted octanol–water partition coefficient (Wildman–Crippen LogP) is 1.40. The minimum absolute atomic E-state index is 0.454. The summed E-state index contributed by atoms with van der Waals surface area (Å²) in [7, 11) is 8.77. The van der Waals surface area contributed by atoms with E-state index in [-0.39, 0.29) is 0 Å². The lowest BCUT2D eigenvalue weighted by molar-refractivity contribution is 0.0158. The number of hydrogen-bond donors (Lipinski definition) is 1. The molecule has 0 aromatic heterocycles. The summed E-state index contributed by atoms with van der Waals surface area (Å²) in [5.41, 5.74) is 0.454. The van der Waals surface area contributed by atoms with Crippen LogP contribution in [0.3, 0.4) is 0 Å². The van der Waals surface area contributed by atoms with Crippen LogP contribution in [0.1, 0.15) is 32.6 Å². The molecule has 96 valence electrons. The van der Waals surface area contributed by atoms with Crippen LogP contribution < -0.4 is 5.32 Å². The van der Waals surface area contributed by atoms with Gasteiger partial charge in [0.05, 0.1) is 0 Å². The van der Waals surface area contributed by atoms with E-state index in [0.29, 0.717) is 11.6 Å². The molecule has 1 aliphatic rings. The first kappa shape index (κ1) is 13.9. The smallest absolute Gasteiger partial charge is 0.0330 e. The summed E-state index contributed by atoms with van der Waals surface area (Å²) in [5.74, 6) is 0. The molecule has 1 saturated carbocycles. The van der Waals surface area contributed by atoms with Crippen LogP contribution in [0.2, 0.25) is 0 Å². The van der Waals surface area contributed by atoms with E-state index in [0.717, 1.165) is 6.54 Å². The van der Waals surface area contributed by atoms with E-state index >= 15 is 0 Å². The van der Waals surface area contributed by atoms with Crippen LogP contribution in [0.5, 0.6) is 0 Å². The van der Waals surface area contributed by atoms with Gasteiger partial charge >= 0.3 is 0 Å². The Bertz CT molecular complexity index is 199. The molecule has 1 unspecified atom stereocenters. The van der Waals surface area contributed by atoms with Gasteiger partial charge in [-0.3, -0.25) is 0 Å². The van der Waals surface area contributed by atoms with Crippen molar-refractivity contribution in [1.82, 2.24) is 15.1 Å². The molecule has 0 amide bonds. The molecule has 1 N–H and O–H groups in total. The van der Waals surface area contributed by atoms with Crippen LogP contribution in [0.4, 0.5) is 0 Å². The first-order chi connectivity index (χ1) is 7.55. The number of nitrogens with zero attached hydrogens (tertiary/aromatic N) is 2. The third-order valence-corrected chi connectivity index (χ3v) is 4.31. The van der Waals surface area contributed by atoms with Gasteiger partial charge in [-0.25, -0.2) is 0 Å². The molecule has 0 bridgehead atoms.